The van der Waals surface area contributed by atoms with Gasteiger partial charge in [-0.1, -0.05) is 30.3 Å². The predicted octanol–water partition coefficient (Wildman–Crippen LogP) is 2.10. The molecule has 0 atom stereocenters. The molecule has 1 fully saturated rings. The van der Waals surface area contributed by atoms with Crippen molar-refractivity contribution in [2.45, 2.75) is 19.4 Å². The maximum absolute atomic E-state index is 12.6. The number of carbonyl (C=O) groups excluding carboxylic acids is 2. The number of methoxy groups -OCH3 is 2. The number of ether oxygens (including phenoxy) is 2. The molecule has 0 saturated carbocycles. The molecule has 166 valence electrons. The zero-order valence-electron chi connectivity index (χ0n) is 18.3. The standard InChI is InChI=1S/C24H31N3O4/c1-30-21-14-20(15-22(16-21)31-2)8-9-24(29)27-12-10-26(11-13-27)18-23(28)25-17-19-6-4-3-5-7-19/h3-7,14-16H,8-13,17-18H2,1-2H3,(H,25,28). The van der Waals surface area contributed by atoms with Gasteiger partial charge in [0.15, 0.2) is 0 Å². The molecule has 0 spiro atoms. The lowest BCUT2D eigenvalue weighted by molar-refractivity contribution is -0.133. The fraction of sp³-hybridized carbons (Fsp3) is 0.417. The molecule has 0 bridgehead atoms. The average Bonchev–Trinajstić information content (AvgIpc) is 2.82. The molecule has 2 aromatic rings. The van der Waals surface area contributed by atoms with Gasteiger partial charge in [0.25, 0.3) is 0 Å². The van der Waals surface area contributed by atoms with Crippen molar-refractivity contribution >= 4 is 11.8 Å². The van der Waals surface area contributed by atoms with Gasteiger partial charge in [-0.15, -0.1) is 0 Å². The summed E-state index contributed by atoms with van der Waals surface area (Å²) < 4.78 is 10.6. The fourth-order valence-electron chi connectivity index (χ4n) is 3.63. The molecule has 1 aliphatic rings. The van der Waals surface area contributed by atoms with Crippen molar-refractivity contribution in [2.75, 3.05) is 46.9 Å². The number of rotatable bonds is 9. The van der Waals surface area contributed by atoms with E-state index in [-0.39, 0.29) is 11.8 Å². The molecule has 2 amide bonds. The summed E-state index contributed by atoms with van der Waals surface area (Å²) in [5.74, 6) is 1.59. The smallest absolute Gasteiger partial charge is 0.234 e. The highest BCUT2D eigenvalue weighted by Gasteiger charge is 2.22. The van der Waals surface area contributed by atoms with Crippen LogP contribution in [0.3, 0.4) is 0 Å². The van der Waals surface area contributed by atoms with Crippen LogP contribution in [0.4, 0.5) is 0 Å². The summed E-state index contributed by atoms with van der Waals surface area (Å²) in [5.41, 5.74) is 2.10. The second-order valence-electron chi connectivity index (χ2n) is 7.64. The molecule has 1 saturated heterocycles. The van der Waals surface area contributed by atoms with Gasteiger partial charge in [0.1, 0.15) is 11.5 Å². The summed E-state index contributed by atoms with van der Waals surface area (Å²) in [4.78, 5) is 28.8. The van der Waals surface area contributed by atoms with Gasteiger partial charge < -0.3 is 19.7 Å². The molecular formula is C24H31N3O4. The van der Waals surface area contributed by atoms with Crippen LogP contribution >= 0.6 is 0 Å². The molecule has 1 heterocycles. The number of amides is 2. The van der Waals surface area contributed by atoms with E-state index in [2.05, 4.69) is 10.2 Å². The molecule has 2 aromatic carbocycles. The van der Waals surface area contributed by atoms with Gasteiger partial charge in [0.05, 0.1) is 20.8 Å². The van der Waals surface area contributed by atoms with E-state index in [9.17, 15) is 9.59 Å². The van der Waals surface area contributed by atoms with E-state index in [1.807, 2.05) is 53.4 Å². The maximum atomic E-state index is 12.6. The Labute approximate surface area is 183 Å². The summed E-state index contributed by atoms with van der Waals surface area (Å²) in [6, 6.07) is 15.5. The van der Waals surface area contributed by atoms with Crippen molar-refractivity contribution in [2.24, 2.45) is 0 Å². The monoisotopic (exact) mass is 425 g/mol. The molecule has 0 radical (unpaired) electrons. The first-order valence-corrected chi connectivity index (χ1v) is 10.6. The highest BCUT2D eigenvalue weighted by molar-refractivity contribution is 5.78. The number of hydrogen-bond donors (Lipinski definition) is 1. The lowest BCUT2D eigenvalue weighted by Crippen LogP contribution is -2.51. The maximum Gasteiger partial charge on any atom is 0.234 e. The van der Waals surface area contributed by atoms with Gasteiger partial charge >= 0.3 is 0 Å². The molecule has 7 nitrogen and oxygen atoms in total. The van der Waals surface area contributed by atoms with E-state index >= 15 is 0 Å². The molecule has 1 aliphatic heterocycles. The predicted molar refractivity (Wildman–Crippen MR) is 119 cm³/mol. The van der Waals surface area contributed by atoms with Crippen LogP contribution in [0.1, 0.15) is 17.5 Å². The first kappa shape index (κ1) is 22.6. The van der Waals surface area contributed by atoms with Crippen LogP contribution in [0.2, 0.25) is 0 Å². The highest BCUT2D eigenvalue weighted by atomic mass is 16.5. The quantitative estimate of drug-likeness (QED) is 0.666. The van der Waals surface area contributed by atoms with Gasteiger partial charge in [0.2, 0.25) is 11.8 Å². The van der Waals surface area contributed by atoms with Crippen molar-refractivity contribution in [1.29, 1.82) is 0 Å². The van der Waals surface area contributed by atoms with Gasteiger partial charge in [-0.25, -0.2) is 0 Å². The lowest BCUT2D eigenvalue weighted by atomic mass is 10.1. The van der Waals surface area contributed by atoms with E-state index in [1.165, 1.54) is 0 Å². The zero-order valence-corrected chi connectivity index (χ0v) is 18.3. The van der Waals surface area contributed by atoms with Crippen molar-refractivity contribution in [3.05, 3.63) is 59.7 Å². The fourth-order valence-corrected chi connectivity index (χ4v) is 3.63. The minimum atomic E-state index is 0.00982. The molecule has 1 N–H and O–H groups in total. The Morgan fingerprint density at radius 2 is 1.55 bits per heavy atom. The Morgan fingerprint density at radius 1 is 0.903 bits per heavy atom. The second-order valence-corrected chi connectivity index (χ2v) is 7.64. The molecule has 0 aromatic heterocycles. The number of nitrogens with one attached hydrogen (secondary N) is 1. The summed E-state index contributed by atoms with van der Waals surface area (Å²) in [6.45, 7) is 3.60. The third-order valence-corrected chi connectivity index (χ3v) is 5.46. The van der Waals surface area contributed by atoms with Gasteiger partial charge in [-0.3, -0.25) is 14.5 Å². The Balaban J connectivity index is 1.39. The molecule has 3 rings (SSSR count). The third kappa shape index (κ3) is 7.00. The summed E-state index contributed by atoms with van der Waals surface area (Å²) in [6.07, 6.45) is 1.07. The van der Waals surface area contributed by atoms with Gasteiger partial charge in [-0.05, 0) is 29.7 Å². The highest BCUT2D eigenvalue weighted by Crippen LogP contribution is 2.23. The lowest BCUT2D eigenvalue weighted by Gasteiger charge is -2.34. The Morgan fingerprint density at radius 3 is 2.16 bits per heavy atom. The van der Waals surface area contributed by atoms with Crippen molar-refractivity contribution in [3.8, 4) is 11.5 Å². The Hall–Kier alpha value is -3.06. The van der Waals surface area contributed by atoms with E-state index in [4.69, 9.17) is 9.47 Å². The minimum Gasteiger partial charge on any atom is -0.497 e. The number of carbonyl (C=O) groups is 2. The van der Waals surface area contributed by atoms with Crippen LogP contribution in [0.15, 0.2) is 48.5 Å². The molecule has 7 heteroatoms. The van der Waals surface area contributed by atoms with Crippen LogP contribution in [0.5, 0.6) is 11.5 Å². The normalized spacial score (nSPS) is 14.2. The first-order valence-electron chi connectivity index (χ1n) is 10.6. The summed E-state index contributed by atoms with van der Waals surface area (Å²) in [7, 11) is 3.23. The zero-order chi connectivity index (χ0) is 22.1. The molecule has 31 heavy (non-hydrogen) atoms. The van der Waals surface area contributed by atoms with E-state index in [0.717, 1.165) is 22.6 Å². The molecular weight excluding hydrogens is 394 g/mol. The Kier molecular flexibility index (Phi) is 8.29. The summed E-state index contributed by atoms with van der Waals surface area (Å²) >= 11 is 0. The topological polar surface area (TPSA) is 71.1 Å². The first-order chi connectivity index (χ1) is 15.1. The Bertz CT molecular complexity index is 842. The number of benzene rings is 2. The van der Waals surface area contributed by atoms with Crippen LogP contribution in [0.25, 0.3) is 0 Å². The van der Waals surface area contributed by atoms with Gasteiger partial charge in [0, 0.05) is 45.2 Å². The number of aryl methyl sites for hydroxylation is 1. The second kappa shape index (κ2) is 11.4. The van der Waals surface area contributed by atoms with Crippen LogP contribution in [-0.2, 0) is 22.6 Å². The SMILES string of the molecule is COc1cc(CCC(=O)N2CCN(CC(=O)NCc3ccccc3)CC2)cc(OC)c1. The average molecular weight is 426 g/mol. The van der Waals surface area contributed by atoms with E-state index in [1.54, 1.807) is 14.2 Å². The molecule has 0 aliphatic carbocycles. The number of piperazine rings is 1. The molecule has 0 unspecified atom stereocenters. The van der Waals surface area contributed by atoms with Crippen LogP contribution in [0, 0.1) is 0 Å². The van der Waals surface area contributed by atoms with Gasteiger partial charge in [-0.2, -0.15) is 0 Å². The van der Waals surface area contributed by atoms with E-state index in [0.29, 0.717) is 52.1 Å². The third-order valence-electron chi connectivity index (χ3n) is 5.46. The minimum absolute atomic E-state index is 0.00982. The largest absolute Gasteiger partial charge is 0.497 e. The van der Waals surface area contributed by atoms with Crippen molar-refractivity contribution in [3.63, 3.8) is 0 Å². The van der Waals surface area contributed by atoms with Crippen LogP contribution in [-0.4, -0.2) is 68.6 Å². The summed E-state index contributed by atoms with van der Waals surface area (Å²) in [5, 5.41) is 2.96. The van der Waals surface area contributed by atoms with Crippen molar-refractivity contribution in [1.82, 2.24) is 15.1 Å². The van der Waals surface area contributed by atoms with Crippen LogP contribution < -0.4 is 14.8 Å². The van der Waals surface area contributed by atoms with Crippen molar-refractivity contribution < 1.29 is 19.1 Å². The number of hydrogen-bond acceptors (Lipinski definition) is 5. The van der Waals surface area contributed by atoms with E-state index < -0.39 is 0 Å². The number of nitrogens with zero attached hydrogens (tertiary/aromatic N) is 2.